The monoisotopic (exact) mass is 469 g/mol. The molecule has 3 aromatic rings. The van der Waals surface area contributed by atoms with E-state index in [0.717, 1.165) is 26.7 Å². The molecule has 30 heavy (non-hydrogen) atoms. The lowest BCUT2D eigenvalue weighted by atomic mass is 9.95. The third kappa shape index (κ3) is 4.66. The zero-order chi connectivity index (χ0) is 21.9. The van der Waals surface area contributed by atoms with Crippen molar-refractivity contribution in [2.45, 2.75) is 20.4 Å². The van der Waals surface area contributed by atoms with Gasteiger partial charge < -0.3 is 19.7 Å². The van der Waals surface area contributed by atoms with Crippen LogP contribution in [0.2, 0.25) is 0 Å². The quantitative estimate of drug-likeness (QED) is 0.545. The Bertz CT molecular complexity index is 1130. The second kappa shape index (κ2) is 8.90. The minimum absolute atomic E-state index is 0.0307. The predicted molar refractivity (Wildman–Crippen MR) is 120 cm³/mol. The van der Waals surface area contributed by atoms with Crippen LogP contribution in [0.25, 0.3) is 10.9 Å². The summed E-state index contributed by atoms with van der Waals surface area (Å²) in [5.41, 5.74) is 2.36. The van der Waals surface area contributed by atoms with Gasteiger partial charge in [0.15, 0.2) is 0 Å². The van der Waals surface area contributed by atoms with Crippen LogP contribution in [0.15, 0.2) is 46.9 Å². The summed E-state index contributed by atoms with van der Waals surface area (Å²) in [6.07, 6.45) is 0. The molecule has 7 heteroatoms. The summed E-state index contributed by atoms with van der Waals surface area (Å²) in [6.45, 7) is 4.50. The Balaban J connectivity index is 2.07. The van der Waals surface area contributed by atoms with Crippen molar-refractivity contribution in [3.05, 3.63) is 63.8 Å². The van der Waals surface area contributed by atoms with E-state index in [-0.39, 0.29) is 12.5 Å². The zero-order valence-electron chi connectivity index (χ0n) is 17.2. The Kier molecular flexibility index (Phi) is 6.49. The second-order valence-corrected chi connectivity index (χ2v) is 8.88. The van der Waals surface area contributed by atoms with Gasteiger partial charge >= 0.3 is 0 Å². The number of aliphatic hydroxyl groups excluding tert-OH is 1. The number of hydrogen-bond acceptors (Lipinski definition) is 4. The zero-order valence-corrected chi connectivity index (χ0v) is 18.8. The number of carbonyl (C=O) groups excluding carboxylic acids is 1. The van der Waals surface area contributed by atoms with Crippen molar-refractivity contribution in [3.8, 4) is 11.8 Å². The number of nitriles is 1. The normalized spacial score (nSPS) is 11.3. The van der Waals surface area contributed by atoms with E-state index >= 15 is 0 Å². The molecule has 0 fully saturated rings. The molecule has 2 aromatic carbocycles. The van der Waals surface area contributed by atoms with Crippen LogP contribution in [0.1, 0.15) is 35.5 Å². The van der Waals surface area contributed by atoms with Crippen molar-refractivity contribution in [1.82, 2.24) is 9.88 Å². The van der Waals surface area contributed by atoms with Gasteiger partial charge in [-0.25, -0.2) is 0 Å². The summed E-state index contributed by atoms with van der Waals surface area (Å²) in [4.78, 5) is 13.0. The molecule has 0 aliphatic rings. The fraction of sp³-hybridized carbons (Fsp3) is 0.304. The number of halogens is 1. The topological polar surface area (TPSA) is 87.3 Å². The molecule has 1 heterocycles. The first-order chi connectivity index (χ1) is 14.3. The molecule has 0 unspecified atom stereocenters. The van der Waals surface area contributed by atoms with Gasteiger partial charge in [0.1, 0.15) is 11.4 Å². The van der Waals surface area contributed by atoms with Crippen molar-refractivity contribution in [1.29, 1.82) is 5.26 Å². The van der Waals surface area contributed by atoms with Crippen LogP contribution in [0.4, 0.5) is 0 Å². The number of carbonyl (C=O) groups is 1. The smallest absolute Gasteiger partial charge is 0.267 e. The average Bonchev–Trinajstić information content (AvgIpc) is 3.10. The van der Waals surface area contributed by atoms with Crippen molar-refractivity contribution in [3.63, 3.8) is 0 Å². The fourth-order valence-corrected chi connectivity index (χ4v) is 3.61. The minimum atomic E-state index is -0.423. The van der Waals surface area contributed by atoms with E-state index in [9.17, 15) is 15.2 Å². The van der Waals surface area contributed by atoms with Crippen LogP contribution < -0.4 is 10.1 Å². The number of nitrogens with one attached hydrogen (secondary N) is 1. The Morgan fingerprint density at radius 1 is 1.27 bits per heavy atom. The summed E-state index contributed by atoms with van der Waals surface area (Å²) in [7, 11) is 1.62. The van der Waals surface area contributed by atoms with Gasteiger partial charge in [0.2, 0.25) is 0 Å². The predicted octanol–water partition coefficient (Wildman–Crippen LogP) is 4.08. The Labute approximate surface area is 184 Å². The highest BCUT2D eigenvalue weighted by atomic mass is 79.9. The molecule has 0 saturated carbocycles. The number of fused-ring (bicyclic) bond motifs is 1. The highest BCUT2D eigenvalue weighted by Crippen LogP contribution is 2.28. The standard InChI is InChI=1S/C23H24BrN3O3/c1-23(2,14-28)13-26-22(29)20-10-16-8-15(11-25)4-6-19(16)27(20)12-17-9-18(24)5-7-21(17)30-3/h4-10,28H,12-14H2,1-3H3,(H,26,29). The van der Waals surface area contributed by atoms with Gasteiger partial charge in [-0.2, -0.15) is 5.26 Å². The molecule has 1 amide bonds. The molecule has 0 aliphatic heterocycles. The van der Waals surface area contributed by atoms with Gasteiger partial charge in [-0.3, -0.25) is 4.79 Å². The third-order valence-electron chi connectivity index (χ3n) is 4.99. The number of rotatable bonds is 7. The fourth-order valence-electron chi connectivity index (χ4n) is 3.21. The maximum absolute atomic E-state index is 13.0. The van der Waals surface area contributed by atoms with Gasteiger partial charge in [-0.1, -0.05) is 29.8 Å². The first kappa shape index (κ1) is 21.9. The van der Waals surface area contributed by atoms with Crippen LogP contribution in [-0.4, -0.2) is 35.8 Å². The van der Waals surface area contributed by atoms with E-state index in [1.54, 1.807) is 25.3 Å². The Morgan fingerprint density at radius 2 is 2.03 bits per heavy atom. The summed E-state index contributed by atoms with van der Waals surface area (Å²) in [6, 6.07) is 15.1. The SMILES string of the molecule is COc1ccc(Br)cc1Cn1c(C(=O)NCC(C)(C)CO)cc2cc(C#N)ccc21. The molecule has 3 rings (SSSR count). The molecule has 156 valence electrons. The lowest BCUT2D eigenvalue weighted by Gasteiger charge is -2.22. The molecule has 0 spiro atoms. The second-order valence-electron chi connectivity index (χ2n) is 7.96. The number of amides is 1. The lowest BCUT2D eigenvalue weighted by molar-refractivity contribution is 0.0902. The van der Waals surface area contributed by atoms with Crippen molar-refractivity contribution in [2.75, 3.05) is 20.3 Å². The highest BCUT2D eigenvalue weighted by Gasteiger charge is 2.21. The summed E-state index contributed by atoms with van der Waals surface area (Å²) in [5.74, 6) is 0.488. The van der Waals surface area contributed by atoms with E-state index in [4.69, 9.17) is 4.74 Å². The van der Waals surface area contributed by atoms with Gasteiger partial charge in [0, 0.05) is 39.5 Å². The number of aromatic nitrogens is 1. The number of benzene rings is 2. The number of nitrogens with zero attached hydrogens (tertiary/aromatic N) is 2. The van der Waals surface area contributed by atoms with E-state index in [2.05, 4.69) is 27.3 Å². The van der Waals surface area contributed by atoms with Crippen LogP contribution in [0.5, 0.6) is 5.75 Å². The van der Waals surface area contributed by atoms with E-state index < -0.39 is 5.41 Å². The maximum Gasteiger partial charge on any atom is 0.267 e. The number of hydrogen-bond donors (Lipinski definition) is 2. The van der Waals surface area contributed by atoms with Crippen LogP contribution in [0.3, 0.4) is 0 Å². The van der Waals surface area contributed by atoms with Crippen molar-refractivity contribution < 1.29 is 14.6 Å². The van der Waals surface area contributed by atoms with Crippen LogP contribution in [0, 0.1) is 16.7 Å². The van der Waals surface area contributed by atoms with E-state index in [1.807, 2.05) is 42.7 Å². The third-order valence-corrected chi connectivity index (χ3v) is 5.48. The van der Waals surface area contributed by atoms with Gasteiger partial charge in [0.05, 0.1) is 25.3 Å². The minimum Gasteiger partial charge on any atom is -0.496 e. The molecule has 6 nitrogen and oxygen atoms in total. The molecular weight excluding hydrogens is 446 g/mol. The van der Waals surface area contributed by atoms with Gasteiger partial charge in [0.25, 0.3) is 5.91 Å². The molecule has 1 aromatic heterocycles. The molecule has 0 saturated heterocycles. The molecule has 2 N–H and O–H groups in total. The number of ether oxygens (including phenoxy) is 1. The average molecular weight is 470 g/mol. The van der Waals surface area contributed by atoms with Crippen molar-refractivity contribution >= 4 is 32.7 Å². The highest BCUT2D eigenvalue weighted by molar-refractivity contribution is 9.10. The van der Waals surface area contributed by atoms with Crippen LogP contribution >= 0.6 is 15.9 Å². The van der Waals surface area contributed by atoms with Gasteiger partial charge in [-0.15, -0.1) is 0 Å². The van der Waals surface area contributed by atoms with Crippen molar-refractivity contribution in [2.24, 2.45) is 5.41 Å². The number of methoxy groups -OCH3 is 1. The molecular formula is C23H24BrN3O3. The van der Waals surface area contributed by atoms with Gasteiger partial charge in [-0.05, 0) is 42.5 Å². The number of aliphatic hydroxyl groups is 1. The van der Waals surface area contributed by atoms with E-state index in [1.165, 1.54) is 0 Å². The van der Waals surface area contributed by atoms with E-state index in [0.29, 0.717) is 24.3 Å². The van der Waals surface area contributed by atoms with Crippen LogP contribution in [-0.2, 0) is 6.54 Å². The molecule has 0 atom stereocenters. The molecule has 0 radical (unpaired) electrons. The first-order valence-corrected chi connectivity index (χ1v) is 10.3. The lowest BCUT2D eigenvalue weighted by Crippen LogP contribution is -2.36. The maximum atomic E-state index is 13.0. The molecule has 0 bridgehead atoms. The largest absolute Gasteiger partial charge is 0.496 e. The summed E-state index contributed by atoms with van der Waals surface area (Å²) >= 11 is 3.50. The first-order valence-electron chi connectivity index (χ1n) is 9.53. The summed E-state index contributed by atoms with van der Waals surface area (Å²) < 4.78 is 8.33. The Morgan fingerprint density at radius 3 is 2.70 bits per heavy atom. The summed E-state index contributed by atoms with van der Waals surface area (Å²) in [5, 5.41) is 22.4. The Hall–Kier alpha value is -2.82. The molecule has 0 aliphatic carbocycles.